The molecule has 0 saturated carbocycles. The van der Waals surface area contributed by atoms with Crippen LogP contribution in [0.5, 0.6) is 0 Å². The van der Waals surface area contributed by atoms with Gasteiger partial charge in [-0.1, -0.05) is 13.3 Å². The highest BCUT2D eigenvalue weighted by Gasteiger charge is 2.19. The monoisotopic (exact) mass is 198 g/mol. The molecule has 0 aliphatic carbocycles. The van der Waals surface area contributed by atoms with Gasteiger partial charge in [0.1, 0.15) is 5.92 Å². The molecule has 0 aromatic rings. The molecule has 0 fully saturated rings. The highest BCUT2D eigenvalue weighted by Crippen LogP contribution is 2.07. The zero-order chi connectivity index (χ0) is 11.2. The van der Waals surface area contributed by atoms with Gasteiger partial charge in [-0.3, -0.25) is 9.63 Å². The standard InChI is InChI=1S/C10H18N2O2/c1-5-6-8(7-11)9(13)12-14-10(2,3)4/h8H,5-6H2,1-4H3,(H,12,13). The van der Waals surface area contributed by atoms with Crippen molar-refractivity contribution in [1.29, 1.82) is 5.26 Å². The molecule has 4 nitrogen and oxygen atoms in total. The van der Waals surface area contributed by atoms with Crippen LogP contribution in [-0.2, 0) is 9.63 Å². The summed E-state index contributed by atoms with van der Waals surface area (Å²) in [7, 11) is 0. The highest BCUT2D eigenvalue weighted by molar-refractivity contribution is 5.79. The van der Waals surface area contributed by atoms with E-state index in [4.69, 9.17) is 10.1 Å². The molecule has 14 heavy (non-hydrogen) atoms. The normalized spacial score (nSPS) is 13.1. The van der Waals surface area contributed by atoms with E-state index < -0.39 is 11.5 Å². The van der Waals surface area contributed by atoms with Gasteiger partial charge in [-0.25, -0.2) is 5.48 Å². The molecular weight excluding hydrogens is 180 g/mol. The summed E-state index contributed by atoms with van der Waals surface area (Å²) >= 11 is 0. The number of hydroxylamine groups is 1. The molecule has 1 atom stereocenters. The van der Waals surface area contributed by atoms with E-state index >= 15 is 0 Å². The molecule has 0 radical (unpaired) electrons. The molecule has 0 aromatic carbocycles. The molecule has 1 amide bonds. The lowest BCUT2D eigenvalue weighted by molar-refractivity contribution is -0.148. The van der Waals surface area contributed by atoms with Gasteiger partial charge in [-0.05, 0) is 27.2 Å². The summed E-state index contributed by atoms with van der Waals surface area (Å²) in [5, 5.41) is 8.69. The maximum Gasteiger partial charge on any atom is 0.260 e. The summed E-state index contributed by atoms with van der Waals surface area (Å²) < 4.78 is 0. The Balaban J connectivity index is 4.01. The van der Waals surface area contributed by atoms with Crippen LogP contribution < -0.4 is 5.48 Å². The smallest absolute Gasteiger partial charge is 0.260 e. The predicted octanol–water partition coefficient (Wildman–Crippen LogP) is 1.77. The van der Waals surface area contributed by atoms with Gasteiger partial charge in [-0.2, -0.15) is 5.26 Å². The van der Waals surface area contributed by atoms with Gasteiger partial charge in [0.25, 0.3) is 5.91 Å². The Morgan fingerprint density at radius 2 is 2.14 bits per heavy atom. The molecule has 80 valence electrons. The van der Waals surface area contributed by atoms with E-state index in [1.54, 1.807) is 0 Å². The molecule has 1 unspecified atom stereocenters. The molecule has 0 aliphatic rings. The second-order valence-electron chi connectivity index (χ2n) is 4.15. The summed E-state index contributed by atoms with van der Waals surface area (Å²) in [5.74, 6) is -0.966. The van der Waals surface area contributed by atoms with Crippen molar-refractivity contribution in [2.45, 2.75) is 46.1 Å². The first-order valence-electron chi connectivity index (χ1n) is 4.78. The topological polar surface area (TPSA) is 62.1 Å². The number of hydrogen-bond acceptors (Lipinski definition) is 3. The van der Waals surface area contributed by atoms with Crippen molar-refractivity contribution in [2.24, 2.45) is 5.92 Å². The molecule has 0 spiro atoms. The number of nitrogens with one attached hydrogen (secondary N) is 1. The van der Waals surface area contributed by atoms with Crippen LogP contribution in [0, 0.1) is 17.2 Å². The molecule has 0 bridgehead atoms. The van der Waals surface area contributed by atoms with Crippen LogP contribution in [0.3, 0.4) is 0 Å². The summed E-state index contributed by atoms with van der Waals surface area (Å²) in [6.45, 7) is 7.42. The lowest BCUT2D eigenvalue weighted by atomic mass is 10.1. The van der Waals surface area contributed by atoms with Gasteiger partial charge >= 0.3 is 0 Å². The minimum Gasteiger partial charge on any atom is -0.271 e. The second kappa shape index (κ2) is 5.61. The molecule has 0 saturated heterocycles. The fraction of sp³-hybridized carbons (Fsp3) is 0.800. The van der Waals surface area contributed by atoms with Crippen molar-refractivity contribution in [2.75, 3.05) is 0 Å². The summed E-state index contributed by atoms with van der Waals surface area (Å²) in [4.78, 5) is 16.4. The first kappa shape index (κ1) is 12.9. The van der Waals surface area contributed by atoms with E-state index in [0.717, 1.165) is 6.42 Å². The SMILES string of the molecule is CCCC(C#N)C(=O)NOC(C)(C)C. The number of nitriles is 1. The van der Waals surface area contributed by atoms with Gasteiger partial charge in [0.05, 0.1) is 11.7 Å². The van der Waals surface area contributed by atoms with E-state index in [9.17, 15) is 4.79 Å². The summed E-state index contributed by atoms with van der Waals surface area (Å²) in [6.07, 6.45) is 1.37. The van der Waals surface area contributed by atoms with E-state index in [0.29, 0.717) is 6.42 Å². The van der Waals surface area contributed by atoms with Gasteiger partial charge in [0.15, 0.2) is 0 Å². The van der Waals surface area contributed by atoms with E-state index in [2.05, 4.69) is 5.48 Å². The number of nitrogens with zero attached hydrogens (tertiary/aromatic N) is 1. The largest absolute Gasteiger partial charge is 0.271 e. The minimum atomic E-state index is -0.609. The lowest BCUT2D eigenvalue weighted by Gasteiger charge is -2.19. The van der Waals surface area contributed by atoms with E-state index in [1.165, 1.54) is 0 Å². The number of carbonyl (C=O) groups excluding carboxylic acids is 1. The van der Waals surface area contributed by atoms with Crippen molar-refractivity contribution in [1.82, 2.24) is 5.48 Å². The van der Waals surface area contributed by atoms with Gasteiger partial charge in [-0.15, -0.1) is 0 Å². The first-order valence-corrected chi connectivity index (χ1v) is 4.78. The zero-order valence-electron chi connectivity index (χ0n) is 9.26. The van der Waals surface area contributed by atoms with Crippen molar-refractivity contribution in [3.8, 4) is 6.07 Å². The highest BCUT2D eigenvalue weighted by atomic mass is 16.7. The summed E-state index contributed by atoms with van der Waals surface area (Å²) in [6, 6.07) is 1.95. The molecule has 0 aliphatic heterocycles. The fourth-order valence-electron chi connectivity index (χ4n) is 0.817. The fourth-order valence-corrected chi connectivity index (χ4v) is 0.817. The quantitative estimate of drug-likeness (QED) is 0.700. The lowest BCUT2D eigenvalue weighted by Crippen LogP contribution is -2.36. The maximum absolute atomic E-state index is 11.4. The molecular formula is C10H18N2O2. The average molecular weight is 198 g/mol. The third-order valence-corrected chi connectivity index (χ3v) is 1.51. The van der Waals surface area contributed by atoms with Crippen molar-refractivity contribution in [3.63, 3.8) is 0 Å². The van der Waals surface area contributed by atoms with Crippen LogP contribution >= 0.6 is 0 Å². The van der Waals surface area contributed by atoms with Crippen LogP contribution in [0.15, 0.2) is 0 Å². The Morgan fingerprint density at radius 3 is 2.50 bits per heavy atom. The first-order chi connectivity index (χ1) is 6.40. The molecule has 0 heterocycles. The van der Waals surface area contributed by atoms with E-state index in [-0.39, 0.29) is 5.91 Å². The second-order valence-corrected chi connectivity index (χ2v) is 4.15. The Labute approximate surface area is 85.2 Å². The molecule has 0 aromatic heterocycles. The Kier molecular flexibility index (Phi) is 5.18. The molecule has 0 rings (SSSR count). The van der Waals surface area contributed by atoms with Crippen molar-refractivity contribution < 1.29 is 9.63 Å². The Hall–Kier alpha value is -1.08. The number of amides is 1. The van der Waals surface area contributed by atoms with Crippen LogP contribution in [0.1, 0.15) is 40.5 Å². The van der Waals surface area contributed by atoms with Crippen molar-refractivity contribution in [3.05, 3.63) is 0 Å². The Morgan fingerprint density at radius 1 is 1.57 bits per heavy atom. The molecule has 4 heteroatoms. The zero-order valence-corrected chi connectivity index (χ0v) is 9.26. The van der Waals surface area contributed by atoms with Crippen LogP contribution in [0.2, 0.25) is 0 Å². The van der Waals surface area contributed by atoms with Gasteiger partial charge in [0.2, 0.25) is 0 Å². The van der Waals surface area contributed by atoms with E-state index in [1.807, 2.05) is 33.8 Å². The minimum absolute atomic E-state index is 0.357. The molecule has 1 N–H and O–H groups in total. The number of hydrogen-bond donors (Lipinski definition) is 1. The third kappa shape index (κ3) is 5.55. The van der Waals surface area contributed by atoms with Crippen LogP contribution in [0.4, 0.5) is 0 Å². The van der Waals surface area contributed by atoms with Crippen molar-refractivity contribution >= 4 is 5.91 Å². The van der Waals surface area contributed by atoms with Gasteiger partial charge in [0, 0.05) is 0 Å². The average Bonchev–Trinajstić information content (AvgIpc) is 2.09. The Bertz CT molecular complexity index is 225. The number of rotatable bonds is 4. The third-order valence-electron chi connectivity index (χ3n) is 1.51. The summed E-state index contributed by atoms with van der Waals surface area (Å²) in [5.41, 5.74) is 1.87. The number of carbonyl (C=O) groups is 1. The van der Waals surface area contributed by atoms with Gasteiger partial charge < -0.3 is 0 Å². The maximum atomic E-state index is 11.4. The van der Waals surface area contributed by atoms with Crippen LogP contribution in [-0.4, -0.2) is 11.5 Å². The predicted molar refractivity (Wildman–Crippen MR) is 53.0 cm³/mol. The van der Waals surface area contributed by atoms with Crippen LogP contribution in [0.25, 0.3) is 0 Å².